The Labute approximate surface area is 169 Å². The maximum absolute atomic E-state index is 11.0. The largest absolute Gasteiger partial charge is 2.00 e. The number of carbonyl (C=O) groups excluding carboxylic acids is 2. The molecule has 0 heterocycles. The molecule has 2 aromatic rings. The third kappa shape index (κ3) is 5.10. The van der Waals surface area contributed by atoms with Crippen LogP contribution >= 0.6 is 21.6 Å². The Morgan fingerprint density at radius 2 is 1.05 bits per heavy atom. The van der Waals surface area contributed by atoms with Gasteiger partial charge in [0.2, 0.25) is 0 Å². The molecular formula is C14H8BaO4S2. The van der Waals surface area contributed by atoms with Crippen molar-refractivity contribution in [1.82, 2.24) is 0 Å². The molecule has 0 saturated carbocycles. The Hall–Kier alpha value is -0.349. The van der Waals surface area contributed by atoms with Crippen molar-refractivity contribution in [1.29, 1.82) is 0 Å². The molecule has 0 unspecified atom stereocenters. The van der Waals surface area contributed by atoms with Crippen LogP contribution in [0.2, 0.25) is 0 Å². The summed E-state index contributed by atoms with van der Waals surface area (Å²) in [7, 11) is 2.33. The van der Waals surface area contributed by atoms with Gasteiger partial charge in [-0.15, -0.1) is 0 Å². The van der Waals surface area contributed by atoms with Crippen molar-refractivity contribution >= 4 is 82.4 Å². The minimum absolute atomic E-state index is 0. The van der Waals surface area contributed by atoms with Gasteiger partial charge < -0.3 is 19.8 Å². The van der Waals surface area contributed by atoms with Gasteiger partial charge >= 0.3 is 48.9 Å². The van der Waals surface area contributed by atoms with Gasteiger partial charge in [0.15, 0.2) is 0 Å². The molecule has 2 aromatic carbocycles. The topological polar surface area (TPSA) is 80.3 Å². The Morgan fingerprint density at radius 1 is 0.714 bits per heavy atom. The zero-order chi connectivity index (χ0) is 14.5. The van der Waals surface area contributed by atoms with E-state index in [0.717, 1.165) is 21.6 Å². The van der Waals surface area contributed by atoms with Crippen LogP contribution in [0.4, 0.5) is 0 Å². The van der Waals surface area contributed by atoms with Gasteiger partial charge in [0.1, 0.15) is 0 Å². The van der Waals surface area contributed by atoms with E-state index in [9.17, 15) is 19.8 Å². The van der Waals surface area contributed by atoms with Crippen molar-refractivity contribution < 1.29 is 19.8 Å². The maximum Gasteiger partial charge on any atom is 2.00 e. The average molecular weight is 442 g/mol. The summed E-state index contributed by atoms with van der Waals surface area (Å²) < 4.78 is 0. The fourth-order valence-corrected chi connectivity index (χ4v) is 3.85. The minimum atomic E-state index is -1.26. The van der Waals surface area contributed by atoms with Gasteiger partial charge in [0.05, 0.1) is 11.9 Å². The molecule has 0 fully saturated rings. The van der Waals surface area contributed by atoms with Crippen molar-refractivity contribution in [3.8, 4) is 0 Å². The number of benzene rings is 2. The Morgan fingerprint density at radius 3 is 1.38 bits per heavy atom. The number of carbonyl (C=O) groups is 2. The molecule has 2 rings (SSSR count). The number of aromatic carboxylic acids is 2. The van der Waals surface area contributed by atoms with Crippen molar-refractivity contribution in [2.75, 3.05) is 0 Å². The van der Waals surface area contributed by atoms with Crippen LogP contribution in [0.15, 0.2) is 58.3 Å². The normalized spacial score (nSPS) is 9.71. The molecule has 0 aliphatic heterocycles. The Kier molecular flexibility index (Phi) is 7.96. The summed E-state index contributed by atoms with van der Waals surface area (Å²) in [6, 6.07) is 12.8. The number of carboxylic acid groups (broad SMARTS) is 2. The summed E-state index contributed by atoms with van der Waals surface area (Å²) in [6.07, 6.45) is 0. The molecule has 0 amide bonds. The predicted molar refractivity (Wildman–Crippen MR) is 79.0 cm³/mol. The molecule has 0 atom stereocenters. The molecule has 4 nitrogen and oxygen atoms in total. The zero-order valence-corrected chi connectivity index (χ0v) is 16.8. The van der Waals surface area contributed by atoms with E-state index in [0.29, 0.717) is 9.79 Å². The molecule has 0 aliphatic rings. The predicted octanol–water partition coefficient (Wildman–Crippen LogP) is 0.832. The van der Waals surface area contributed by atoms with Crippen LogP contribution < -0.4 is 10.2 Å². The van der Waals surface area contributed by atoms with Gasteiger partial charge in [0, 0.05) is 20.9 Å². The number of hydrogen-bond acceptors (Lipinski definition) is 6. The van der Waals surface area contributed by atoms with E-state index in [1.165, 1.54) is 12.1 Å². The van der Waals surface area contributed by atoms with E-state index in [-0.39, 0.29) is 60.0 Å². The number of rotatable bonds is 5. The second kappa shape index (κ2) is 8.94. The fourth-order valence-electron chi connectivity index (χ4n) is 1.51. The van der Waals surface area contributed by atoms with E-state index in [1.54, 1.807) is 36.4 Å². The van der Waals surface area contributed by atoms with Crippen molar-refractivity contribution in [2.24, 2.45) is 0 Å². The summed E-state index contributed by atoms with van der Waals surface area (Å²) in [6.45, 7) is 0. The van der Waals surface area contributed by atoms with Gasteiger partial charge in [-0.25, -0.2) is 0 Å². The van der Waals surface area contributed by atoms with E-state index < -0.39 is 11.9 Å². The van der Waals surface area contributed by atoms with Crippen LogP contribution in [0.25, 0.3) is 0 Å². The Bertz CT molecular complexity index is 603. The van der Waals surface area contributed by atoms with Gasteiger partial charge in [-0.1, -0.05) is 58.0 Å². The Balaban J connectivity index is 0.00000220. The van der Waals surface area contributed by atoms with Gasteiger partial charge in [0.25, 0.3) is 0 Å². The second-order valence-electron chi connectivity index (χ2n) is 3.73. The summed E-state index contributed by atoms with van der Waals surface area (Å²) in [5.74, 6) is -2.52. The van der Waals surface area contributed by atoms with Crippen LogP contribution in [0.5, 0.6) is 0 Å². The first-order valence-corrected chi connectivity index (χ1v) is 7.70. The smallest absolute Gasteiger partial charge is 0.545 e. The number of hydrogen-bond donors (Lipinski definition) is 0. The summed E-state index contributed by atoms with van der Waals surface area (Å²) in [5.41, 5.74) is 0.159. The second-order valence-corrected chi connectivity index (χ2v) is 5.95. The third-order valence-electron chi connectivity index (χ3n) is 2.44. The van der Waals surface area contributed by atoms with E-state index in [1.807, 2.05) is 0 Å². The van der Waals surface area contributed by atoms with Crippen LogP contribution in [0.3, 0.4) is 0 Å². The average Bonchev–Trinajstić information content (AvgIpc) is 2.45. The molecule has 0 spiro atoms. The monoisotopic (exact) mass is 442 g/mol. The van der Waals surface area contributed by atoms with Gasteiger partial charge in [-0.2, -0.15) is 0 Å². The first-order valence-electron chi connectivity index (χ1n) is 5.55. The molecule has 0 saturated heterocycles. The maximum atomic E-state index is 11.0. The van der Waals surface area contributed by atoms with Crippen molar-refractivity contribution in [3.05, 3.63) is 59.7 Å². The first kappa shape index (κ1) is 18.7. The SMILES string of the molecule is O=C([O-])c1ccccc1SSc1ccccc1C(=O)[O-].[Ba+2]. The van der Waals surface area contributed by atoms with E-state index in [4.69, 9.17) is 0 Å². The molecule has 0 aromatic heterocycles. The van der Waals surface area contributed by atoms with E-state index in [2.05, 4.69) is 0 Å². The first-order chi connectivity index (χ1) is 9.59. The summed E-state index contributed by atoms with van der Waals surface area (Å²) >= 11 is 0. The van der Waals surface area contributed by atoms with Gasteiger partial charge in [-0.05, 0) is 12.1 Å². The molecule has 21 heavy (non-hydrogen) atoms. The molecular weight excluding hydrogens is 434 g/mol. The van der Waals surface area contributed by atoms with Crippen LogP contribution in [0, 0.1) is 0 Å². The van der Waals surface area contributed by atoms with Gasteiger partial charge in [-0.3, -0.25) is 0 Å². The minimum Gasteiger partial charge on any atom is -0.545 e. The zero-order valence-electron chi connectivity index (χ0n) is 10.8. The molecule has 7 heteroatoms. The fraction of sp³-hybridized carbons (Fsp3) is 0. The van der Waals surface area contributed by atoms with Crippen LogP contribution in [-0.4, -0.2) is 60.8 Å². The molecule has 0 aliphatic carbocycles. The standard InChI is InChI=1S/C14H10O4S2.Ba/c15-13(16)9-5-1-3-7-11(9)19-20-12-8-4-2-6-10(12)14(17)18;/h1-8H,(H,15,16)(H,17,18);/q;+2/p-2. The van der Waals surface area contributed by atoms with Crippen molar-refractivity contribution in [2.45, 2.75) is 9.79 Å². The van der Waals surface area contributed by atoms with E-state index >= 15 is 0 Å². The summed E-state index contributed by atoms with van der Waals surface area (Å²) in [5, 5.41) is 21.9. The number of carboxylic acids is 2. The van der Waals surface area contributed by atoms with Crippen LogP contribution in [-0.2, 0) is 0 Å². The van der Waals surface area contributed by atoms with Crippen LogP contribution in [0.1, 0.15) is 20.7 Å². The molecule has 0 bridgehead atoms. The molecule has 102 valence electrons. The third-order valence-corrected chi connectivity index (χ3v) is 4.92. The molecule has 0 N–H and O–H groups in total. The summed E-state index contributed by atoms with van der Waals surface area (Å²) in [4.78, 5) is 23.0. The van der Waals surface area contributed by atoms with Crippen molar-refractivity contribution in [3.63, 3.8) is 0 Å². The quantitative estimate of drug-likeness (QED) is 0.505. The molecule has 0 radical (unpaired) electrons.